The second-order valence-corrected chi connectivity index (χ2v) is 8.61. The lowest BCUT2D eigenvalue weighted by atomic mass is 9.77. The summed E-state index contributed by atoms with van der Waals surface area (Å²) in [5.74, 6) is -2.58. The number of aliphatic hydroxyl groups is 1. The lowest BCUT2D eigenvalue weighted by molar-refractivity contribution is -0.120. The number of aryl methyl sites for hydroxylation is 1. The third-order valence-electron chi connectivity index (χ3n) is 6.16. The Morgan fingerprint density at radius 2 is 2.00 bits per heavy atom. The van der Waals surface area contributed by atoms with Gasteiger partial charge < -0.3 is 20.3 Å². The molecule has 2 amide bonds. The first-order chi connectivity index (χ1) is 14.8. The van der Waals surface area contributed by atoms with Gasteiger partial charge in [-0.1, -0.05) is 11.6 Å². The van der Waals surface area contributed by atoms with Crippen molar-refractivity contribution in [1.82, 2.24) is 9.88 Å². The first-order valence-electron chi connectivity index (χ1n) is 10.2. The van der Waals surface area contributed by atoms with E-state index in [0.29, 0.717) is 49.2 Å². The van der Waals surface area contributed by atoms with Crippen molar-refractivity contribution in [1.29, 1.82) is 0 Å². The topological polar surface area (TPSA) is 100 Å². The number of ketones is 1. The van der Waals surface area contributed by atoms with E-state index in [1.807, 2.05) is 0 Å². The summed E-state index contributed by atoms with van der Waals surface area (Å²) in [5.41, 5.74) is 0.751. The number of aliphatic hydroxyl groups excluding tert-OH is 1. The van der Waals surface area contributed by atoms with Gasteiger partial charge in [0.25, 0.3) is 17.6 Å². The molecule has 1 aliphatic heterocycles. The smallest absolute Gasteiger partial charge is 0.294 e. The molecule has 1 aromatic carbocycles. The molecule has 1 fully saturated rings. The van der Waals surface area contributed by atoms with Crippen molar-refractivity contribution in [2.75, 3.05) is 11.9 Å². The molecule has 2 heterocycles. The van der Waals surface area contributed by atoms with Gasteiger partial charge >= 0.3 is 0 Å². The van der Waals surface area contributed by atoms with Crippen molar-refractivity contribution in [3.8, 4) is 0 Å². The molecule has 3 N–H and O–H groups in total. The highest BCUT2D eigenvalue weighted by molar-refractivity contribution is 6.48. The maximum Gasteiger partial charge on any atom is 0.294 e. The van der Waals surface area contributed by atoms with Crippen molar-refractivity contribution in [2.45, 2.75) is 51.1 Å². The van der Waals surface area contributed by atoms with E-state index < -0.39 is 23.1 Å². The Labute approximate surface area is 183 Å². The Morgan fingerprint density at radius 3 is 2.61 bits per heavy atom. The van der Waals surface area contributed by atoms with Gasteiger partial charge in [0.15, 0.2) is 0 Å². The minimum absolute atomic E-state index is 0.0143. The van der Waals surface area contributed by atoms with E-state index in [-0.39, 0.29) is 28.7 Å². The van der Waals surface area contributed by atoms with Gasteiger partial charge in [0.05, 0.1) is 22.7 Å². The first kappa shape index (κ1) is 21.5. The lowest BCUT2D eigenvalue weighted by Gasteiger charge is -2.40. The van der Waals surface area contributed by atoms with Gasteiger partial charge in [0.1, 0.15) is 11.5 Å². The van der Waals surface area contributed by atoms with Crippen molar-refractivity contribution in [3.05, 3.63) is 51.6 Å². The van der Waals surface area contributed by atoms with E-state index in [0.717, 1.165) is 6.42 Å². The average Bonchev–Trinajstić information content (AvgIpc) is 3.26. The van der Waals surface area contributed by atoms with Gasteiger partial charge in [-0.2, -0.15) is 0 Å². The number of nitrogens with zero attached hydrogens (tertiary/aromatic N) is 1. The van der Waals surface area contributed by atoms with Crippen LogP contribution in [0.3, 0.4) is 0 Å². The van der Waals surface area contributed by atoms with E-state index >= 15 is 0 Å². The fraction of sp³-hybridized carbons (Fsp3) is 0.409. The third kappa shape index (κ3) is 3.74. The number of carbonyl (C=O) groups excluding carboxylic acids is 3. The summed E-state index contributed by atoms with van der Waals surface area (Å²) >= 11 is 6.47. The minimum Gasteiger partial charge on any atom is -0.394 e. The molecule has 4 rings (SSSR count). The molecule has 2 aromatic rings. The number of hydrogen-bond acceptors (Lipinski definition) is 4. The third-order valence-corrected chi connectivity index (χ3v) is 6.53. The van der Waals surface area contributed by atoms with Crippen molar-refractivity contribution in [3.63, 3.8) is 0 Å². The number of Topliss-reactive ketones (excluding diaryl/α,β-unsaturated/α-hetero) is 1. The Hall–Kier alpha value is -2.71. The van der Waals surface area contributed by atoms with E-state index in [9.17, 15) is 23.9 Å². The van der Waals surface area contributed by atoms with E-state index in [2.05, 4.69) is 10.6 Å². The quantitative estimate of drug-likeness (QED) is 0.468. The minimum atomic E-state index is -0.844. The molecule has 0 atom stereocenters. The Morgan fingerprint density at radius 1 is 1.26 bits per heavy atom. The summed E-state index contributed by atoms with van der Waals surface area (Å²) in [4.78, 5) is 38.6. The molecule has 7 nitrogen and oxygen atoms in total. The van der Waals surface area contributed by atoms with Crippen LogP contribution in [0, 0.1) is 12.7 Å². The molecule has 31 heavy (non-hydrogen) atoms. The highest BCUT2D eigenvalue weighted by Gasteiger charge is 2.41. The standard InChI is InChI=1S/C22H23ClFN3O4/c1-12-10-13(5-6-14(12)24)25-20(30)16-15-4-2-9-27(15)18(17(16)23)19(29)21(31)26-22(11-28)7-3-8-22/h5-6,10,28H,2-4,7-9,11H2,1H3,(H,25,30)(H,26,31). The molecule has 2 aliphatic rings. The molecular weight excluding hydrogens is 425 g/mol. The van der Waals surface area contributed by atoms with Gasteiger partial charge in [-0.3, -0.25) is 14.4 Å². The fourth-order valence-electron chi connectivity index (χ4n) is 4.25. The molecule has 164 valence electrons. The zero-order valence-electron chi connectivity index (χ0n) is 17.1. The molecule has 0 saturated heterocycles. The van der Waals surface area contributed by atoms with Gasteiger partial charge in [0, 0.05) is 17.9 Å². The number of aromatic nitrogens is 1. The zero-order valence-corrected chi connectivity index (χ0v) is 17.8. The van der Waals surface area contributed by atoms with E-state index in [4.69, 9.17) is 11.6 Å². The SMILES string of the molecule is Cc1cc(NC(=O)c2c(Cl)c(C(=O)C(=O)NC3(CO)CCC3)n3c2CCC3)ccc1F. The molecule has 1 saturated carbocycles. The number of anilines is 1. The second-order valence-electron chi connectivity index (χ2n) is 8.23. The molecule has 0 bridgehead atoms. The summed E-state index contributed by atoms with van der Waals surface area (Å²) in [5, 5.41) is 14.8. The molecule has 0 radical (unpaired) electrons. The second kappa shape index (κ2) is 8.09. The fourth-order valence-corrected chi connectivity index (χ4v) is 4.63. The van der Waals surface area contributed by atoms with Crippen molar-refractivity contribution < 1.29 is 23.9 Å². The van der Waals surface area contributed by atoms with Gasteiger partial charge in [-0.15, -0.1) is 0 Å². The van der Waals surface area contributed by atoms with Gasteiger partial charge in [0.2, 0.25) is 0 Å². The zero-order chi connectivity index (χ0) is 22.3. The van der Waals surface area contributed by atoms with Gasteiger partial charge in [-0.05, 0) is 62.8 Å². The Bertz CT molecular complexity index is 1090. The van der Waals surface area contributed by atoms with Crippen molar-refractivity contribution >= 4 is 34.9 Å². The summed E-state index contributed by atoms with van der Waals surface area (Å²) in [6, 6.07) is 4.20. The first-order valence-corrected chi connectivity index (χ1v) is 10.6. The molecule has 0 spiro atoms. The molecule has 9 heteroatoms. The highest BCUT2D eigenvalue weighted by Crippen LogP contribution is 2.35. The normalized spacial score (nSPS) is 16.4. The molecule has 1 aliphatic carbocycles. The monoisotopic (exact) mass is 447 g/mol. The number of hydrogen-bond donors (Lipinski definition) is 3. The Balaban J connectivity index is 1.63. The van der Waals surface area contributed by atoms with E-state index in [1.165, 1.54) is 18.2 Å². The maximum atomic E-state index is 13.5. The van der Waals surface area contributed by atoms with Crippen LogP contribution in [0.2, 0.25) is 5.02 Å². The number of nitrogens with one attached hydrogen (secondary N) is 2. The predicted octanol–water partition coefficient (Wildman–Crippen LogP) is 3.00. The van der Waals surface area contributed by atoms with Crippen LogP contribution in [0.4, 0.5) is 10.1 Å². The molecule has 0 unspecified atom stereocenters. The van der Waals surface area contributed by atoms with Gasteiger partial charge in [-0.25, -0.2) is 4.39 Å². The largest absolute Gasteiger partial charge is 0.394 e. The number of amides is 2. The number of halogens is 2. The molecular formula is C22H23ClFN3O4. The summed E-state index contributed by atoms with van der Waals surface area (Å²) in [6.07, 6.45) is 3.33. The van der Waals surface area contributed by atoms with Crippen LogP contribution in [-0.2, 0) is 17.8 Å². The number of rotatable bonds is 6. The summed E-state index contributed by atoms with van der Waals surface area (Å²) < 4.78 is 15.1. The van der Waals surface area contributed by atoms with Crippen LogP contribution < -0.4 is 10.6 Å². The Kier molecular flexibility index (Phi) is 5.61. The highest BCUT2D eigenvalue weighted by atomic mass is 35.5. The summed E-state index contributed by atoms with van der Waals surface area (Å²) in [7, 11) is 0. The number of carbonyl (C=O) groups is 3. The molecule has 1 aromatic heterocycles. The van der Waals surface area contributed by atoms with Crippen LogP contribution in [0.25, 0.3) is 0 Å². The van der Waals surface area contributed by atoms with Crippen LogP contribution >= 0.6 is 11.6 Å². The number of fused-ring (bicyclic) bond motifs is 1. The maximum absolute atomic E-state index is 13.5. The van der Waals surface area contributed by atoms with Crippen LogP contribution in [-0.4, -0.2) is 39.4 Å². The van der Waals surface area contributed by atoms with Crippen LogP contribution in [0.15, 0.2) is 18.2 Å². The van der Waals surface area contributed by atoms with Crippen LogP contribution in [0.1, 0.15) is 57.8 Å². The lowest BCUT2D eigenvalue weighted by Crippen LogP contribution is -2.57. The number of benzene rings is 1. The van der Waals surface area contributed by atoms with Crippen molar-refractivity contribution in [2.24, 2.45) is 0 Å². The summed E-state index contributed by atoms with van der Waals surface area (Å²) in [6.45, 7) is 1.82. The van der Waals surface area contributed by atoms with E-state index in [1.54, 1.807) is 11.5 Å². The predicted molar refractivity (Wildman–Crippen MR) is 113 cm³/mol. The average molecular weight is 448 g/mol. The van der Waals surface area contributed by atoms with Crippen LogP contribution in [0.5, 0.6) is 0 Å².